The van der Waals surface area contributed by atoms with E-state index in [4.69, 9.17) is 4.74 Å². The van der Waals surface area contributed by atoms with Crippen LogP contribution in [0.15, 0.2) is 42.5 Å². The maximum absolute atomic E-state index is 12.7. The molecule has 1 N–H and O–H groups in total. The van der Waals surface area contributed by atoms with Crippen LogP contribution in [0.3, 0.4) is 0 Å². The van der Waals surface area contributed by atoms with Crippen molar-refractivity contribution in [1.29, 1.82) is 0 Å². The monoisotopic (exact) mass is 381 g/mol. The molecule has 0 bridgehead atoms. The van der Waals surface area contributed by atoms with Gasteiger partial charge in [0.05, 0.1) is 4.92 Å². The third kappa shape index (κ3) is 3.46. The molecule has 1 fully saturated rings. The summed E-state index contributed by atoms with van der Waals surface area (Å²) in [4.78, 5) is 37.3. The van der Waals surface area contributed by atoms with Gasteiger partial charge in [-0.2, -0.15) is 0 Å². The average Bonchev–Trinajstić information content (AvgIpc) is 3.37. The number of nitro benzene ring substituents is 1. The van der Waals surface area contributed by atoms with Crippen LogP contribution in [0.25, 0.3) is 0 Å². The number of nitrogens with zero attached hydrogens (tertiary/aromatic N) is 2. The van der Waals surface area contributed by atoms with Crippen molar-refractivity contribution in [3.63, 3.8) is 0 Å². The van der Waals surface area contributed by atoms with Gasteiger partial charge in [0.2, 0.25) is 0 Å². The summed E-state index contributed by atoms with van der Waals surface area (Å²) in [7, 11) is 0. The number of nitrogens with one attached hydrogen (secondary N) is 1. The largest absolute Gasteiger partial charge is 0.368 e. The second-order valence-electron chi connectivity index (χ2n) is 6.85. The molecule has 8 nitrogen and oxygen atoms in total. The van der Waals surface area contributed by atoms with Gasteiger partial charge in [-0.15, -0.1) is 0 Å². The van der Waals surface area contributed by atoms with E-state index in [9.17, 15) is 19.7 Å². The molecule has 28 heavy (non-hydrogen) atoms. The van der Waals surface area contributed by atoms with Crippen LogP contribution in [-0.2, 0) is 16.0 Å². The minimum absolute atomic E-state index is 0.0431. The van der Waals surface area contributed by atoms with Crippen LogP contribution in [0.2, 0.25) is 0 Å². The fraction of sp³-hybridized carbons (Fsp3) is 0.300. The standard InChI is InChI=1S/C20H19N3O5/c24-19(14-3-1-4-16(11-14)23(26)27)21-15-7-6-13-8-9-22(17(13)12-15)20(25)18-5-2-10-28-18/h1,3-4,6-7,11-12,18H,2,5,8-10H2,(H,21,24). The van der Waals surface area contributed by atoms with E-state index in [0.717, 1.165) is 30.5 Å². The Bertz CT molecular complexity index is 953. The molecule has 2 aromatic carbocycles. The molecule has 0 spiro atoms. The minimum Gasteiger partial charge on any atom is -0.368 e. The number of hydrogen-bond donors (Lipinski definition) is 1. The lowest BCUT2D eigenvalue weighted by molar-refractivity contribution is -0.384. The van der Waals surface area contributed by atoms with Gasteiger partial charge in [0.1, 0.15) is 6.10 Å². The number of fused-ring (bicyclic) bond motifs is 1. The van der Waals surface area contributed by atoms with Crippen molar-refractivity contribution >= 4 is 28.9 Å². The zero-order valence-electron chi connectivity index (χ0n) is 15.1. The molecule has 2 aromatic rings. The summed E-state index contributed by atoms with van der Waals surface area (Å²) in [5.41, 5.74) is 2.40. The Hall–Kier alpha value is -3.26. The van der Waals surface area contributed by atoms with E-state index in [1.54, 1.807) is 17.0 Å². The fourth-order valence-corrected chi connectivity index (χ4v) is 3.60. The minimum atomic E-state index is -0.541. The van der Waals surface area contributed by atoms with Crippen molar-refractivity contribution in [1.82, 2.24) is 0 Å². The fourth-order valence-electron chi connectivity index (χ4n) is 3.60. The molecule has 8 heteroatoms. The zero-order valence-corrected chi connectivity index (χ0v) is 15.1. The van der Waals surface area contributed by atoms with E-state index >= 15 is 0 Å². The van der Waals surface area contributed by atoms with Crippen molar-refractivity contribution in [3.05, 3.63) is 63.7 Å². The third-order valence-corrected chi connectivity index (χ3v) is 5.03. The lowest BCUT2D eigenvalue weighted by Crippen LogP contribution is -2.37. The van der Waals surface area contributed by atoms with Crippen LogP contribution in [-0.4, -0.2) is 36.0 Å². The molecule has 1 unspecified atom stereocenters. The van der Waals surface area contributed by atoms with E-state index in [1.165, 1.54) is 24.3 Å². The van der Waals surface area contributed by atoms with Gasteiger partial charge >= 0.3 is 0 Å². The van der Waals surface area contributed by atoms with Crippen LogP contribution in [0.1, 0.15) is 28.8 Å². The van der Waals surface area contributed by atoms with Crippen LogP contribution >= 0.6 is 0 Å². The molecule has 2 heterocycles. The molecule has 2 aliphatic rings. The Labute approximate surface area is 161 Å². The first-order chi connectivity index (χ1) is 13.5. The number of hydrogen-bond acceptors (Lipinski definition) is 5. The topological polar surface area (TPSA) is 102 Å². The Morgan fingerprint density at radius 1 is 1.21 bits per heavy atom. The first-order valence-corrected chi connectivity index (χ1v) is 9.14. The molecule has 144 valence electrons. The van der Waals surface area contributed by atoms with Crippen LogP contribution < -0.4 is 10.2 Å². The highest BCUT2D eigenvalue weighted by molar-refractivity contribution is 6.05. The molecular formula is C20H19N3O5. The molecule has 1 atom stereocenters. The number of non-ortho nitro benzene ring substituents is 1. The van der Waals surface area contributed by atoms with Gasteiger partial charge in [-0.25, -0.2) is 0 Å². The SMILES string of the molecule is O=C(Nc1ccc2c(c1)N(C(=O)C1CCCO1)CC2)c1cccc([N+](=O)[O-])c1. The van der Waals surface area contributed by atoms with E-state index in [1.807, 2.05) is 6.07 Å². The van der Waals surface area contributed by atoms with Crippen molar-refractivity contribution in [3.8, 4) is 0 Å². The maximum Gasteiger partial charge on any atom is 0.270 e. The maximum atomic E-state index is 12.7. The molecular weight excluding hydrogens is 362 g/mol. The average molecular weight is 381 g/mol. The van der Waals surface area contributed by atoms with Gasteiger partial charge in [0, 0.05) is 42.2 Å². The van der Waals surface area contributed by atoms with Crippen molar-refractivity contribution in [2.75, 3.05) is 23.4 Å². The van der Waals surface area contributed by atoms with Gasteiger partial charge < -0.3 is 15.0 Å². The molecule has 0 aromatic heterocycles. The predicted molar refractivity (Wildman–Crippen MR) is 103 cm³/mol. The summed E-state index contributed by atoms with van der Waals surface area (Å²) in [6.45, 7) is 1.20. The number of ether oxygens (including phenoxy) is 1. The van der Waals surface area contributed by atoms with E-state index < -0.39 is 16.9 Å². The van der Waals surface area contributed by atoms with Crippen molar-refractivity contribution in [2.24, 2.45) is 0 Å². The normalized spacial score (nSPS) is 18.0. The Kier molecular flexibility index (Phi) is 4.79. The quantitative estimate of drug-likeness (QED) is 0.648. The van der Waals surface area contributed by atoms with Gasteiger partial charge in [0.15, 0.2) is 0 Å². The van der Waals surface area contributed by atoms with Crippen molar-refractivity contribution < 1.29 is 19.2 Å². The number of anilines is 2. The number of carbonyl (C=O) groups is 2. The highest BCUT2D eigenvalue weighted by Crippen LogP contribution is 2.32. The Morgan fingerprint density at radius 3 is 2.82 bits per heavy atom. The lowest BCUT2D eigenvalue weighted by atomic mass is 10.1. The number of amides is 2. The molecule has 2 amide bonds. The van der Waals surface area contributed by atoms with Crippen LogP contribution in [0.4, 0.5) is 17.1 Å². The second-order valence-corrected chi connectivity index (χ2v) is 6.85. The molecule has 0 aliphatic carbocycles. The van der Waals surface area contributed by atoms with Gasteiger partial charge in [-0.1, -0.05) is 12.1 Å². The summed E-state index contributed by atoms with van der Waals surface area (Å²) in [6.07, 6.45) is 1.98. The smallest absolute Gasteiger partial charge is 0.270 e. The predicted octanol–water partition coefficient (Wildman–Crippen LogP) is 2.92. The lowest BCUT2D eigenvalue weighted by Gasteiger charge is -2.21. The number of rotatable bonds is 4. The molecule has 2 aliphatic heterocycles. The molecule has 4 rings (SSSR count). The highest BCUT2D eigenvalue weighted by Gasteiger charge is 2.32. The van der Waals surface area contributed by atoms with E-state index in [2.05, 4.69) is 5.32 Å². The summed E-state index contributed by atoms with van der Waals surface area (Å²) < 4.78 is 5.51. The Morgan fingerprint density at radius 2 is 2.07 bits per heavy atom. The summed E-state index contributed by atoms with van der Waals surface area (Å²) in [5, 5.41) is 13.6. The Balaban J connectivity index is 1.53. The first-order valence-electron chi connectivity index (χ1n) is 9.14. The molecule has 0 radical (unpaired) electrons. The van der Waals surface area contributed by atoms with Crippen LogP contribution in [0.5, 0.6) is 0 Å². The number of nitro groups is 1. The summed E-state index contributed by atoms with van der Waals surface area (Å²) in [6, 6.07) is 11.0. The van der Waals surface area contributed by atoms with E-state index in [-0.39, 0.29) is 17.2 Å². The molecule has 0 saturated carbocycles. The van der Waals surface area contributed by atoms with Gasteiger partial charge in [-0.3, -0.25) is 19.7 Å². The third-order valence-electron chi connectivity index (χ3n) is 5.03. The number of carbonyl (C=O) groups excluding carboxylic acids is 2. The summed E-state index contributed by atoms with van der Waals surface area (Å²) >= 11 is 0. The second kappa shape index (κ2) is 7.40. The van der Waals surface area contributed by atoms with E-state index in [0.29, 0.717) is 18.8 Å². The number of benzene rings is 2. The first kappa shape index (κ1) is 18.1. The van der Waals surface area contributed by atoms with Crippen molar-refractivity contribution in [2.45, 2.75) is 25.4 Å². The summed E-state index contributed by atoms with van der Waals surface area (Å²) in [5.74, 6) is -0.489. The van der Waals surface area contributed by atoms with Crippen LogP contribution in [0, 0.1) is 10.1 Å². The van der Waals surface area contributed by atoms with Gasteiger partial charge in [0.25, 0.3) is 17.5 Å². The highest BCUT2D eigenvalue weighted by atomic mass is 16.6. The molecule has 1 saturated heterocycles. The van der Waals surface area contributed by atoms with Gasteiger partial charge in [-0.05, 0) is 43.0 Å². The zero-order chi connectivity index (χ0) is 19.7.